The number of ether oxygens (including phenoxy) is 1. The summed E-state index contributed by atoms with van der Waals surface area (Å²) < 4.78 is 7.87. The van der Waals surface area contributed by atoms with Crippen molar-refractivity contribution in [1.82, 2.24) is 9.78 Å². The maximum absolute atomic E-state index is 5.92. The summed E-state index contributed by atoms with van der Waals surface area (Å²) in [4.78, 5) is 0. The van der Waals surface area contributed by atoms with Crippen LogP contribution in [0.2, 0.25) is 0 Å². The second kappa shape index (κ2) is 5.37. The van der Waals surface area contributed by atoms with Crippen molar-refractivity contribution < 1.29 is 4.74 Å². The summed E-state index contributed by atoms with van der Waals surface area (Å²) in [5.41, 5.74) is 0.951. The van der Waals surface area contributed by atoms with E-state index in [1.807, 2.05) is 41.2 Å². The molecule has 20 heavy (non-hydrogen) atoms. The van der Waals surface area contributed by atoms with Gasteiger partial charge in [0.1, 0.15) is 12.4 Å². The Balaban J connectivity index is 1.79. The van der Waals surface area contributed by atoms with Gasteiger partial charge < -0.3 is 4.74 Å². The van der Waals surface area contributed by atoms with Gasteiger partial charge in [0.15, 0.2) is 0 Å². The minimum atomic E-state index is 0.376. The van der Waals surface area contributed by atoms with Gasteiger partial charge in [0.25, 0.3) is 0 Å². The third kappa shape index (κ3) is 2.52. The third-order valence-electron chi connectivity index (χ3n) is 3.32. The standard InChI is InChI=1S/C17H18N2O/c1-13(2)19-11-10-15(18-19)12-20-17-9-5-7-14-6-3-4-8-16(14)17/h3-11,13H,12H2,1-2H3. The van der Waals surface area contributed by atoms with Gasteiger partial charge in [-0.1, -0.05) is 36.4 Å². The zero-order valence-corrected chi connectivity index (χ0v) is 11.8. The van der Waals surface area contributed by atoms with Crippen molar-refractivity contribution >= 4 is 10.8 Å². The molecule has 0 amide bonds. The molecule has 0 aliphatic rings. The second-order valence-electron chi connectivity index (χ2n) is 5.15. The van der Waals surface area contributed by atoms with E-state index in [4.69, 9.17) is 4.74 Å². The summed E-state index contributed by atoms with van der Waals surface area (Å²) in [6.45, 7) is 4.72. The molecule has 2 aromatic carbocycles. The van der Waals surface area contributed by atoms with Gasteiger partial charge >= 0.3 is 0 Å². The van der Waals surface area contributed by atoms with Crippen molar-refractivity contribution in [2.75, 3.05) is 0 Å². The minimum absolute atomic E-state index is 0.376. The van der Waals surface area contributed by atoms with E-state index in [2.05, 4.69) is 37.1 Å². The van der Waals surface area contributed by atoms with Gasteiger partial charge in [-0.15, -0.1) is 0 Å². The van der Waals surface area contributed by atoms with Crippen LogP contribution < -0.4 is 4.74 Å². The fourth-order valence-electron chi connectivity index (χ4n) is 2.22. The van der Waals surface area contributed by atoms with E-state index in [-0.39, 0.29) is 0 Å². The first-order valence-electron chi connectivity index (χ1n) is 6.88. The Bertz CT molecular complexity index is 710. The molecule has 0 unspecified atom stereocenters. The van der Waals surface area contributed by atoms with Crippen molar-refractivity contribution in [3.63, 3.8) is 0 Å². The fourth-order valence-corrected chi connectivity index (χ4v) is 2.22. The lowest BCUT2D eigenvalue weighted by molar-refractivity contribution is 0.302. The SMILES string of the molecule is CC(C)n1ccc(COc2cccc3ccccc23)n1. The van der Waals surface area contributed by atoms with Crippen LogP contribution in [0.1, 0.15) is 25.6 Å². The summed E-state index contributed by atoms with van der Waals surface area (Å²) in [5.74, 6) is 0.905. The molecule has 0 atom stereocenters. The molecule has 0 radical (unpaired) electrons. The molecule has 0 aliphatic heterocycles. The zero-order chi connectivity index (χ0) is 13.9. The number of rotatable bonds is 4. The molecule has 1 aromatic heterocycles. The number of benzene rings is 2. The Kier molecular flexibility index (Phi) is 3.42. The fraction of sp³-hybridized carbons (Fsp3) is 0.235. The maximum Gasteiger partial charge on any atom is 0.132 e. The Hall–Kier alpha value is -2.29. The predicted molar refractivity (Wildman–Crippen MR) is 80.9 cm³/mol. The van der Waals surface area contributed by atoms with Gasteiger partial charge in [-0.2, -0.15) is 5.10 Å². The van der Waals surface area contributed by atoms with Crippen LogP contribution in [0.3, 0.4) is 0 Å². The summed E-state index contributed by atoms with van der Waals surface area (Å²) in [7, 11) is 0. The van der Waals surface area contributed by atoms with Gasteiger partial charge in [0.2, 0.25) is 0 Å². The lowest BCUT2D eigenvalue weighted by Gasteiger charge is -2.08. The highest BCUT2D eigenvalue weighted by Crippen LogP contribution is 2.25. The molecule has 0 spiro atoms. The highest BCUT2D eigenvalue weighted by atomic mass is 16.5. The monoisotopic (exact) mass is 266 g/mol. The van der Waals surface area contributed by atoms with Gasteiger partial charge in [-0.25, -0.2) is 0 Å². The average Bonchev–Trinajstić information content (AvgIpc) is 2.94. The van der Waals surface area contributed by atoms with Crippen molar-refractivity contribution in [2.45, 2.75) is 26.5 Å². The van der Waals surface area contributed by atoms with Crippen molar-refractivity contribution in [3.8, 4) is 5.75 Å². The van der Waals surface area contributed by atoms with Crippen LogP contribution in [-0.2, 0) is 6.61 Å². The topological polar surface area (TPSA) is 27.1 Å². The molecule has 0 fully saturated rings. The van der Waals surface area contributed by atoms with Crippen molar-refractivity contribution in [3.05, 3.63) is 60.4 Å². The molecule has 3 nitrogen and oxygen atoms in total. The molecule has 0 bridgehead atoms. The Labute approximate surface area is 118 Å². The first kappa shape index (κ1) is 12.7. The van der Waals surface area contributed by atoms with E-state index in [9.17, 15) is 0 Å². The zero-order valence-electron chi connectivity index (χ0n) is 11.8. The summed E-state index contributed by atoms with van der Waals surface area (Å²) in [6, 6.07) is 16.7. The van der Waals surface area contributed by atoms with Gasteiger partial charge in [0, 0.05) is 17.6 Å². The largest absolute Gasteiger partial charge is 0.487 e. The molecule has 1 heterocycles. The van der Waals surface area contributed by atoms with Crippen LogP contribution in [0.25, 0.3) is 10.8 Å². The molecular weight excluding hydrogens is 248 g/mol. The molecule has 3 rings (SSSR count). The smallest absolute Gasteiger partial charge is 0.132 e. The predicted octanol–water partition coefficient (Wildman–Crippen LogP) is 4.20. The molecular formula is C17H18N2O. The third-order valence-corrected chi connectivity index (χ3v) is 3.32. The van der Waals surface area contributed by atoms with Gasteiger partial charge in [0.05, 0.1) is 5.69 Å². The first-order valence-corrected chi connectivity index (χ1v) is 6.88. The summed E-state index contributed by atoms with van der Waals surface area (Å²) >= 11 is 0. The van der Waals surface area contributed by atoms with Crippen molar-refractivity contribution in [2.24, 2.45) is 0 Å². The lowest BCUT2D eigenvalue weighted by atomic mass is 10.1. The van der Waals surface area contributed by atoms with E-state index in [1.165, 1.54) is 5.39 Å². The van der Waals surface area contributed by atoms with Crippen LogP contribution in [-0.4, -0.2) is 9.78 Å². The molecule has 0 saturated carbocycles. The lowest BCUT2D eigenvalue weighted by Crippen LogP contribution is -2.03. The molecule has 3 heteroatoms. The number of hydrogen-bond acceptors (Lipinski definition) is 2. The number of hydrogen-bond donors (Lipinski definition) is 0. The molecule has 0 aliphatic carbocycles. The maximum atomic E-state index is 5.92. The quantitative estimate of drug-likeness (QED) is 0.707. The minimum Gasteiger partial charge on any atom is -0.487 e. The summed E-state index contributed by atoms with van der Waals surface area (Å²) in [5, 5.41) is 6.83. The van der Waals surface area contributed by atoms with E-state index >= 15 is 0 Å². The van der Waals surface area contributed by atoms with E-state index in [0.29, 0.717) is 12.6 Å². The van der Waals surface area contributed by atoms with E-state index in [0.717, 1.165) is 16.8 Å². The highest BCUT2D eigenvalue weighted by Gasteiger charge is 2.05. The average molecular weight is 266 g/mol. The van der Waals surface area contributed by atoms with E-state index < -0.39 is 0 Å². The van der Waals surface area contributed by atoms with Crippen LogP contribution in [0.15, 0.2) is 54.7 Å². The van der Waals surface area contributed by atoms with Crippen LogP contribution in [0.4, 0.5) is 0 Å². The highest BCUT2D eigenvalue weighted by molar-refractivity contribution is 5.88. The van der Waals surface area contributed by atoms with Crippen LogP contribution in [0, 0.1) is 0 Å². The Morgan fingerprint density at radius 3 is 2.65 bits per heavy atom. The second-order valence-corrected chi connectivity index (χ2v) is 5.15. The number of aromatic nitrogens is 2. The Morgan fingerprint density at radius 1 is 1.05 bits per heavy atom. The Morgan fingerprint density at radius 2 is 1.85 bits per heavy atom. The normalized spacial score (nSPS) is 11.2. The van der Waals surface area contributed by atoms with Gasteiger partial charge in [-0.3, -0.25) is 4.68 Å². The molecule has 0 saturated heterocycles. The molecule has 3 aromatic rings. The summed E-state index contributed by atoms with van der Waals surface area (Å²) in [6.07, 6.45) is 1.99. The number of nitrogens with zero attached hydrogens (tertiary/aromatic N) is 2. The molecule has 102 valence electrons. The van der Waals surface area contributed by atoms with E-state index in [1.54, 1.807) is 0 Å². The van der Waals surface area contributed by atoms with Gasteiger partial charge in [-0.05, 0) is 31.4 Å². The van der Waals surface area contributed by atoms with Crippen molar-refractivity contribution in [1.29, 1.82) is 0 Å². The first-order chi connectivity index (χ1) is 9.74. The van der Waals surface area contributed by atoms with Crippen LogP contribution >= 0.6 is 0 Å². The number of fused-ring (bicyclic) bond motifs is 1. The van der Waals surface area contributed by atoms with Crippen LogP contribution in [0.5, 0.6) is 5.75 Å². The molecule has 0 N–H and O–H groups in total.